The molecule has 1 saturated heterocycles. The van der Waals surface area contributed by atoms with Crippen LogP contribution in [0.15, 0.2) is 12.1 Å². The van der Waals surface area contributed by atoms with Crippen LogP contribution in [0.2, 0.25) is 0 Å². The average Bonchev–Trinajstić information content (AvgIpc) is 2.48. The number of anilines is 1. The minimum Gasteiger partial charge on any atom is -0.503 e. The minimum atomic E-state index is -0.0272. The number of nitrogen functional groups attached to an aromatic ring is 1. The zero-order valence-corrected chi connectivity index (χ0v) is 14.3. The zero-order chi connectivity index (χ0) is 17.0. The number of benzene rings is 1. The van der Waals surface area contributed by atoms with Crippen molar-refractivity contribution in [2.24, 2.45) is 11.8 Å². The number of rotatable bonds is 5. The topological polar surface area (TPSA) is 75.8 Å². The van der Waals surface area contributed by atoms with Gasteiger partial charge in [-0.25, -0.2) is 0 Å². The van der Waals surface area contributed by atoms with Crippen LogP contribution in [0.25, 0.3) is 0 Å². The van der Waals surface area contributed by atoms with Gasteiger partial charge in [0.1, 0.15) is 0 Å². The van der Waals surface area contributed by atoms with Crippen LogP contribution in [-0.4, -0.2) is 35.6 Å². The van der Waals surface area contributed by atoms with Crippen LogP contribution in [0.4, 0.5) is 5.69 Å². The Labute approximate surface area is 138 Å². The summed E-state index contributed by atoms with van der Waals surface area (Å²) < 4.78 is 5.38. The van der Waals surface area contributed by atoms with E-state index in [0.29, 0.717) is 42.7 Å². The molecule has 0 aliphatic carbocycles. The lowest BCUT2D eigenvalue weighted by atomic mass is 9.91. The Morgan fingerprint density at radius 2 is 2.00 bits per heavy atom. The second kappa shape index (κ2) is 7.57. The highest BCUT2D eigenvalue weighted by atomic mass is 16.5. The van der Waals surface area contributed by atoms with Crippen molar-refractivity contribution in [3.8, 4) is 11.5 Å². The van der Waals surface area contributed by atoms with Gasteiger partial charge in [0.15, 0.2) is 11.5 Å². The maximum atomic E-state index is 12.4. The molecule has 1 fully saturated rings. The smallest absolute Gasteiger partial charge is 0.222 e. The summed E-state index contributed by atoms with van der Waals surface area (Å²) in [5, 5.41) is 9.87. The number of phenolic OH excluding ortho intramolecular Hbond substituents is 1. The molecule has 1 aliphatic rings. The van der Waals surface area contributed by atoms with Crippen LogP contribution in [0.1, 0.15) is 39.2 Å². The molecular formula is C18H28N2O3. The molecule has 0 saturated carbocycles. The van der Waals surface area contributed by atoms with E-state index in [4.69, 9.17) is 10.5 Å². The van der Waals surface area contributed by atoms with Crippen molar-refractivity contribution in [2.45, 2.75) is 40.0 Å². The van der Waals surface area contributed by atoms with Gasteiger partial charge >= 0.3 is 0 Å². The number of hydrogen-bond donors (Lipinski definition) is 2. The molecule has 2 rings (SSSR count). The first-order valence-electron chi connectivity index (χ1n) is 8.42. The van der Waals surface area contributed by atoms with E-state index >= 15 is 0 Å². The highest BCUT2D eigenvalue weighted by Gasteiger charge is 2.25. The lowest BCUT2D eigenvalue weighted by molar-refractivity contribution is -0.133. The summed E-state index contributed by atoms with van der Waals surface area (Å²) in [7, 11) is 0. The molecule has 2 unspecified atom stereocenters. The van der Waals surface area contributed by atoms with E-state index in [1.54, 1.807) is 12.1 Å². The number of hydrogen-bond acceptors (Lipinski definition) is 4. The molecule has 0 aromatic heterocycles. The second-order valence-electron chi connectivity index (χ2n) is 6.71. The highest BCUT2D eigenvalue weighted by Crippen LogP contribution is 2.34. The van der Waals surface area contributed by atoms with Gasteiger partial charge in [0.05, 0.1) is 12.3 Å². The van der Waals surface area contributed by atoms with E-state index in [-0.39, 0.29) is 11.7 Å². The predicted molar refractivity (Wildman–Crippen MR) is 91.5 cm³/mol. The molecule has 23 heavy (non-hydrogen) atoms. The van der Waals surface area contributed by atoms with Crippen molar-refractivity contribution in [2.75, 3.05) is 25.4 Å². The van der Waals surface area contributed by atoms with Gasteiger partial charge in [0, 0.05) is 19.5 Å². The normalized spacial score (nSPS) is 21.3. The van der Waals surface area contributed by atoms with Crippen molar-refractivity contribution in [3.05, 3.63) is 17.7 Å². The molecule has 0 spiro atoms. The van der Waals surface area contributed by atoms with Crippen LogP contribution in [-0.2, 0) is 11.2 Å². The van der Waals surface area contributed by atoms with Crippen molar-refractivity contribution in [1.29, 1.82) is 0 Å². The molecule has 5 heteroatoms. The maximum absolute atomic E-state index is 12.4. The minimum absolute atomic E-state index is 0.0272. The summed E-state index contributed by atoms with van der Waals surface area (Å²) in [6, 6.07) is 3.48. The van der Waals surface area contributed by atoms with E-state index in [0.717, 1.165) is 18.7 Å². The molecule has 1 aromatic carbocycles. The van der Waals surface area contributed by atoms with Gasteiger partial charge < -0.3 is 20.5 Å². The largest absolute Gasteiger partial charge is 0.503 e. The van der Waals surface area contributed by atoms with Gasteiger partial charge in [0.2, 0.25) is 5.91 Å². The Bertz CT molecular complexity index is 549. The van der Waals surface area contributed by atoms with Crippen molar-refractivity contribution in [3.63, 3.8) is 0 Å². The number of phenols is 1. The number of likely N-dealkylation sites (tertiary alicyclic amines) is 1. The Morgan fingerprint density at radius 1 is 1.35 bits per heavy atom. The van der Waals surface area contributed by atoms with Crippen LogP contribution < -0.4 is 10.5 Å². The first-order chi connectivity index (χ1) is 10.9. The molecule has 128 valence electrons. The first kappa shape index (κ1) is 17.4. The Morgan fingerprint density at radius 3 is 2.61 bits per heavy atom. The number of carbonyl (C=O) groups is 1. The quantitative estimate of drug-likeness (QED) is 0.646. The van der Waals surface area contributed by atoms with Gasteiger partial charge in [-0.3, -0.25) is 4.79 Å². The molecule has 5 nitrogen and oxygen atoms in total. The number of aryl methyl sites for hydroxylation is 1. The van der Waals surface area contributed by atoms with Crippen LogP contribution in [0.3, 0.4) is 0 Å². The lowest BCUT2D eigenvalue weighted by Crippen LogP contribution is -2.42. The third kappa shape index (κ3) is 4.53. The lowest BCUT2D eigenvalue weighted by Gasteiger charge is -2.35. The number of piperidine rings is 1. The Hall–Kier alpha value is -1.91. The van der Waals surface area contributed by atoms with Gasteiger partial charge in [-0.05, 0) is 49.3 Å². The summed E-state index contributed by atoms with van der Waals surface area (Å²) in [6.45, 7) is 8.41. The molecular weight excluding hydrogens is 292 g/mol. The number of carbonyl (C=O) groups excluding carboxylic acids is 1. The third-order valence-corrected chi connectivity index (χ3v) is 4.31. The fourth-order valence-corrected chi connectivity index (χ4v) is 3.37. The van der Waals surface area contributed by atoms with E-state index < -0.39 is 0 Å². The maximum Gasteiger partial charge on any atom is 0.222 e. The fraction of sp³-hybridized carbons (Fsp3) is 0.611. The Kier molecular flexibility index (Phi) is 5.74. The van der Waals surface area contributed by atoms with Crippen molar-refractivity contribution < 1.29 is 14.6 Å². The molecule has 3 N–H and O–H groups in total. The highest BCUT2D eigenvalue weighted by molar-refractivity contribution is 5.76. The number of aromatic hydroxyl groups is 1. The Balaban J connectivity index is 1.98. The molecule has 0 bridgehead atoms. The second-order valence-corrected chi connectivity index (χ2v) is 6.71. The van der Waals surface area contributed by atoms with Crippen molar-refractivity contribution in [1.82, 2.24) is 4.90 Å². The predicted octanol–water partition coefficient (Wildman–Crippen LogP) is 2.81. The van der Waals surface area contributed by atoms with E-state index in [1.165, 1.54) is 6.42 Å². The standard InChI is InChI=1S/C18H28N2O3/c1-4-23-16-9-14(8-15(19)18(16)22)5-6-17(21)20-10-12(2)7-13(3)11-20/h8-9,12-13,22H,4-7,10-11,19H2,1-3H3. The molecule has 1 aliphatic heterocycles. The number of ether oxygens (including phenoxy) is 1. The number of nitrogens with zero attached hydrogens (tertiary/aromatic N) is 1. The molecule has 2 atom stereocenters. The van der Waals surface area contributed by atoms with Gasteiger partial charge in [-0.2, -0.15) is 0 Å². The number of nitrogens with two attached hydrogens (primary N) is 1. The van der Waals surface area contributed by atoms with E-state index in [2.05, 4.69) is 13.8 Å². The molecule has 0 radical (unpaired) electrons. The summed E-state index contributed by atoms with van der Waals surface area (Å²) in [4.78, 5) is 14.4. The molecule has 1 aromatic rings. The molecule has 1 heterocycles. The van der Waals surface area contributed by atoms with Gasteiger partial charge in [-0.15, -0.1) is 0 Å². The summed E-state index contributed by atoms with van der Waals surface area (Å²) in [5.74, 6) is 1.68. The summed E-state index contributed by atoms with van der Waals surface area (Å²) in [5.41, 5.74) is 7.01. The fourth-order valence-electron chi connectivity index (χ4n) is 3.37. The number of amides is 1. The van der Waals surface area contributed by atoms with Crippen LogP contribution in [0, 0.1) is 11.8 Å². The van der Waals surface area contributed by atoms with Gasteiger partial charge in [-0.1, -0.05) is 13.8 Å². The van der Waals surface area contributed by atoms with Crippen LogP contribution in [0.5, 0.6) is 11.5 Å². The monoisotopic (exact) mass is 320 g/mol. The zero-order valence-electron chi connectivity index (χ0n) is 14.3. The van der Waals surface area contributed by atoms with E-state index in [1.807, 2.05) is 11.8 Å². The van der Waals surface area contributed by atoms with Crippen LogP contribution >= 0.6 is 0 Å². The SMILES string of the molecule is CCOc1cc(CCC(=O)N2CC(C)CC(C)C2)cc(N)c1O. The average molecular weight is 320 g/mol. The van der Waals surface area contributed by atoms with Gasteiger partial charge in [0.25, 0.3) is 0 Å². The van der Waals surface area contributed by atoms with Crippen molar-refractivity contribution >= 4 is 11.6 Å². The summed E-state index contributed by atoms with van der Waals surface area (Å²) in [6.07, 6.45) is 2.24. The first-order valence-corrected chi connectivity index (χ1v) is 8.42. The van der Waals surface area contributed by atoms with E-state index in [9.17, 15) is 9.90 Å². The summed E-state index contributed by atoms with van der Waals surface area (Å²) >= 11 is 0. The third-order valence-electron chi connectivity index (χ3n) is 4.31. The molecule has 1 amide bonds.